The molecule has 0 saturated carbocycles. The van der Waals surface area contributed by atoms with E-state index in [-0.39, 0.29) is 0 Å². The van der Waals surface area contributed by atoms with Crippen LogP contribution in [0, 0.1) is 0 Å². The summed E-state index contributed by atoms with van der Waals surface area (Å²) < 4.78 is 2.58. The van der Waals surface area contributed by atoms with Crippen LogP contribution in [0.5, 0.6) is 0 Å². The Morgan fingerprint density at radius 3 is 2.38 bits per heavy atom. The topological polar surface area (TPSA) is 41.3 Å². The number of nitrogens with zero attached hydrogens (tertiary/aromatic N) is 1. The van der Waals surface area contributed by atoms with E-state index in [0.717, 1.165) is 26.2 Å². The number of nitrogens with one attached hydrogen (secondary N) is 1. The fourth-order valence-electron chi connectivity index (χ4n) is 2.10. The summed E-state index contributed by atoms with van der Waals surface area (Å²) in [7, 11) is -1.53. The van der Waals surface area contributed by atoms with E-state index in [1.165, 1.54) is 18.5 Å². The highest BCUT2D eigenvalue weighted by atomic mass is 28.3. The molecule has 1 saturated heterocycles. The van der Waals surface area contributed by atoms with Gasteiger partial charge in [-0.1, -0.05) is 20.3 Å². The molecule has 0 aromatic carbocycles. The molecule has 1 aliphatic rings. The van der Waals surface area contributed by atoms with Gasteiger partial charge in [-0.05, 0) is 12.1 Å². The first-order chi connectivity index (χ1) is 6.23. The molecule has 1 atom stereocenters. The summed E-state index contributed by atoms with van der Waals surface area (Å²) in [4.78, 5) is 0. The minimum Gasteiger partial charge on any atom is -0.339 e. The van der Waals surface area contributed by atoms with Crippen molar-refractivity contribution in [3.05, 3.63) is 0 Å². The third kappa shape index (κ3) is 2.77. The van der Waals surface area contributed by atoms with Crippen molar-refractivity contribution in [3.8, 4) is 0 Å². The maximum absolute atomic E-state index is 6.52. The molecule has 1 unspecified atom stereocenters. The van der Waals surface area contributed by atoms with Crippen molar-refractivity contribution in [2.45, 2.75) is 32.4 Å². The molecule has 13 heavy (non-hydrogen) atoms. The summed E-state index contributed by atoms with van der Waals surface area (Å²) in [5.41, 5.74) is 0. The molecule has 0 amide bonds. The van der Waals surface area contributed by atoms with E-state index in [9.17, 15) is 0 Å². The third-order valence-electron chi connectivity index (χ3n) is 3.04. The molecule has 1 fully saturated rings. The van der Waals surface area contributed by atoms with Gasteiger partial charge in [-0.3, -0.25) is 0 Å². The van der Waals surface area contributed by atoms with Crippen LogP contribution in [0.4, 0.5) is 0 Å². The lowest BCUT2D eigenvalue weighted by Gasteiger charge is -2.40. The maximum atomic E-state index is 6.52. The minimum atomic E-state index is -1.53. The fourth-order valence-corrected chi connectivity index (χ4v) is 5.20. The van der Waals surface area contributed by atoms with Crippen molar-refractivity contribution in [1.29, 1.82) is 0 Å². The molecule has 0 radical (unpaired) electrons. The van der Waals surface area contributed by atoms with Crippen LogP contribution in [0.2, 0.25) is 12.1 Å². The Kier molecular flexibility index (Phi) is 4.38. The summed E-state index contributed by atoms with van der Waals surface area (Å²) in [6, 6.07) is 2.45. The van der Waals surface area contributed by atoms with Crippen molar-refractivity contribution < 1.29 is 0 Å². The Morgan fingerprint density at radius 1 is 1.31 bits per heavy atom. The van der Waals surface area contributed by atoms with E-state index in [0.29, 0.717) is 0 Å². The Bertz CT molecular complexity index is 148. The van der Waals surface area contributed by atoms with Gasteiger partial charge in [0.25, 0.3) is 0 Å². The fraction of sp³-hybridized carbons (Fsp3) is 1.00. The van der Waals surface area contributed by atoms with Gasteiger partial charge in [0.2, 0.25) is 8.40 Å². The zero-order valence-electron chi connectivity index (χ0n) is 8.97. The lowest BCUT2D eigenvalue weighted by molar-refractivity contribution is 0.352. The third-order valence-corrected chi connectivity index (χ3v) is 7.34. The lowest BCUT2D eigenvalue weighted by atomic mass is 10.4. The molecule has 0 aromatic rings. The van der Waals surface area contributed by atoms with Crippen molar-refractivity contribution >= 4 is 8.40 Å². The van der Waals surface area contributed by atoms with Gasteiger partial charge in [0.1, 0.15) is 0 Å². The van der Waals surface area contributed by atoms with Crippen LogP contribution >= 0.6 is 0 Å². The molecule has 0 aliphatic carbocycles. The molecule has 0 spiro atoms. The van der Waals surface area contributed by atoms with E-state index in [1.807, 2.05) is 0 Å². The molecule has 1 rings (SSSR count). The largest absolute Gasteiger partial charge is 0.339 e. The Morgan fingerprint density at radius 2 is 1.92 bits per heavy atom. The van der Waals surface area contributed by atoms with Gasteiger partial charge in [0.05, 0.1) is 0 Å². The average Bonchev–Trinajstić information content (AvgIpc) is 2.19. The van der Waals surface area contributed by atoms with E-state index in [4.69, 9.17) is 5.40 Å². The summed E-state index contributed by atoms with van der Waals surface area (Å²) in [6.45, 7) is 9.06. The van der Waals surface area contributed by atoms with E-state index in [2.05, 4.69) is 23.7 Å². The second kappa shape index (κ2) is 5.10. The average molecular weight is 201 g/mol. The van der Waals surface area contributed by atoms with Gasteiger partial charge in [0, 0.05) is 26.2 Å². The van der Waals surface area contributed by atoms with Crippen LogP contribution in [0.15, 0.2) is 0 Å². The van der Waals surface area contributed by atoms with Crippen LogP contribution < -0.4 is 10.7 Å². The molecule has 0 bridgehead atoms. The molecule has 3 nitrogen and oxygen atoms in total. The molecule has 1 aliphatic heterocycles. The Labute approximate surface area is 82.8 Å². The highest BCUT2D eigenvalue weighted by Gasteiger charge is 2.33. The number of nitrogens with two attached hydrogens (primary N) is 1. The zero-order valence-corrected chi connectivity index (χ0v) is 9.97. The lowest BCUT2D eigenvalue weighted by Crippen LogP contribution is -2.65. The Hall–Kier alpha value is 0.0969. The quantitative estimate of drug-likeness (QED) is 0.659. The van der Waals surface area contributed by atoms with Crippen molar-refractivity contribution in [2.75, 3.05) is 26.2 Å². The SMILES string of the molecule is CCC[Si](N)(CC)N1CCNCC1. The van der Waals surface area contributed by atoms with Crippen LogP contribution in [-0.2, 0) is 0 Å². The molecule has 3 N–H and O–H groups in total. The monoisotopic (exact) mass is 201 g/mol. The highest BCUT2D eigenvalue weighted by Crippen LogP contribution is 2.16. The standard InChI is InChI=1S/C9H23N3Si/c1-3-9-13(10,4-2)12-7-5-11-6-8-12/h11H,3-10H2,1-2H3. The van der Waals surface area contributed by atoms with Gasteiger partial charge in [-0.25, -0.2) is 0 Å². The van der Waals surface area contributed by atoms with Crippen molar-refractivity contribution in [1.82, 2.24) is 9.88 Å². The van der Waals surface area contributed by atoms with E-state index < -0.39 is 8.40 Å². The van der Waals surface area contributed by atoms with Crippen LogP contribution in [0.3, 0.4) is 0 Å². The minimum absolute atomic E-state index is 1.12. The molecule has 4 heteroatoms. The van der Waals surface area contributed by atoms with Gasteiger partial charge in [0.15, 0.2) is 0 Å². The summed E-state index contributed by atoms with van der Waals surface area (Å²) in [5, 5.41) is 9.90. The number of hydrogen-bond acceptors (Lipinski definition) is 3. The van der Waals surface area contributed by atoms with Crippen molar-refractivity contribution in [2.24, 2.45) is 5.40 Å². The van der Waals surface area contributed by atoms with Gasteiger partial charge in [-0.15, -0.1) is 0 Å². The summed E-state index contributed by atoms with van der Waals surface area (Å²) in [5.74, 6) is 0. The van der Waals surface area contributed by atoms with Crippen LogP contribution in [-0.4, -0.2) is 39.1 Å². The van der Waals surface area contributed by atoms with Gasteiger partial charge in [-0.2, -0.15) is 0 Å². The zero-order chi connectivity index (χ0) is 9.73. The molecule has 1 heterocycles. The number of rotatable bonds is 4. The van der Waals surface area contributed by atoms with Crippen LogP contribution in [0.1, 0.15) is 20.3 Å². The summed E-state index contributed by atoms with van der Waals surface area (Å²) in [6.07, 6.45) is 1.24. The van der Waals surface area contributed by atoms with Gasteiger partial charge < -0.3 is 15.3 Å². The van der Waals surface area contributed by atoms with E-state index >= 15 is 0 Å². The number of hydrogen-bond donors (Lipinski definition) is 2. The van der Waals surface area contributed by atoms with Crippen molar-refractivity contribution in [3.63, 3.8) is 0 Å². The molecular weight excluding hydrogens is 178 g/mol. The second-order valence-electron chi connectivity index (χ2n) is 3.94. The molecular formula is C9H23N3Si. The van der Waals surface area contributed by atoms with Gasteiger partial charge >= 0.3 is 0 Å². The first-order valence-corrected chi connectivity index (χ1v) is 7.91. The molecule has 78 valence electrons. The normalized spacial score (nSPS) is 24.2. The van der Waals surface area contributed by atoms with E-state index in [1.54, 1.807) is 0 Å². The summed E-state index contributed by atoms with van der Waals surface area (Å²) >= 11 is 0. The highest BCUT2D eigenvalue weighted by molar-refractivity contribution is 6.74. The first kappa shape index (κ1) is 11.2. The predicted molar refractivity (Wildman–Crippen MR) is 60.0 cm³/mol. The Balaban J connectivity index is 2.51. The molecule has 0 aromatic heterocycles. The second-order valence-corrected chi connectivity index (χ2v) is 7.99. The van der Waals surface area contributed by atoms with Crippen LogP contribution in [0.25, 0.3) is 0 Å². The smallest absolute Gasteiger partial charge is 0.201 e. The number of piperazine rings is 1. The first-order valence-electron chi connectivity index (χ1n) is 5.47. The predicted octanol–water partition coefficient (Wildman–Crippen LogP) is 0.722. The maximum Gasteiger partial charge on any atom is 0.201 e.